The van der Waals surface area contributed by atoms with E-state index in [0.29, 0.717) is 9.49 Å². The number of hydrogen-bond donors (Lipinski definition) is 1. The molecule has 0 spiro atoms. The fraction of sp³-hybridized carbons (Fsp3) is 0.556. The standard InChI is InChI=1S/C18H24INO3/c1-12(2)16(20-17(21)13-8-4-3-5-9-13)18(22)23-15-11-7-6-10-14(15)19/h3-5,8-9,12,14-16H,6-7,10-11H2,1-2H3,(H,20,21)/t14-,15-,16+/m1/s1. The highest BCUT2D eigenvalue weighted by molar-refractivity contribution is 14.1. The maximum Gasteiger partial charge on any atom is 0.329 e. The molecular weight excluding hydrogens is 405 g/mol. The summed E-state index contributed by atoms with van der Waals surface area (Å²) in [7, 11) is 0. The van der Waals surface area contributed by atoms with Gasteiger partial charge in [-0.25, -0.2) is 4.79 Å². The normalized spacial score (nSPS) is 22.4. The smallest absolute Gasteiger partial charge is 0.329 e. The second-order valence-electron chi connectivity index (χ2n) is 6.34. The van der Waals surface area contributed by atoms with Gasteiger partial charge in [0.25, 0.3) is 5.91 Å². The number of benzene rings is 1. The fourth-order valence-corrected chi connectivity index (χ4v) is 3.67. The lowest BCUT2D eigenvalue weighted by atomic mass is 9.97. The summed E-state index contributed by atoms with van der Waals surface area (Å²) in [5.41, 5.74) is 0.551. The van der Waals surface area contributed by atoms with Gasteiger partial charge < -0.3 is 10.1 Å². The number of amides is 1. The summed E-state index contributed by atoms with van der Waals surface area (Å²) in [4.78, 5) is 24.8. The Morgan fingerprint density at radius 3 is 2.43 bits per heavy atom. The van der Waals surface area contributed by atoms with Crippen LogP contribution in [0.15, 0.2) is 30.3 Å². The van der Waals surface area contributed by atoms with Crippen molar-refractivity contribution < 1.29 is 14.3 Å². The molecule has 1 aliphatic carbocycles. The monoisotopic (exact) mass is 429 g/mol. The van der Waals surface area contributed by atoms with E-state index in [0.717, 1.165) is 19.3 Å². The first-order chi connectivity index (χ1) is 11.0. The Morgan fingerprint density at radius 1 is 1.17 bits per heavy atom. The van der Waals surface area contributed by atoms with Gasteiger partial charge in [0.1, 0.15) is 12.1 Å². The minimum absolute atomic E-state index is 0.0218. The van der Waals surface area contributed by atoms with E-state index in [2.05, 4.69) is 27.9 Å². The molecule has 0 saturated heterocycles. The van der Waals surface area contributed by atoms with Crippen LogP contribution in [0.5, 0.6) is 0 Å². The van der Waals surface area contributed by atoms with E-state index in [-0.39, 0.29) is 23.9 Å². The van der Waals surface area contributed by atoms with Crippen molar-refractivity contribution in [3.63, 3.8) is 0 Å². The number of esters is 1. The molecule has 1 amide bonds. The Kier molecular flexibility index (Phi) is 6.87. The van der Waals surface area contributed by atoms with Crippen molar-refractivity contribution in [1.82, 2.24) is 5.32 Å². The Balaban J connectivity index is 2.00. The SMILES string of the molecule is CC(C)[C@H](NC(=O)c1ccccc1)C(=O)O[C@@H]1CCCC[C@H]1I. The molecule has 0 unspecified atom stereocenters. The third-order valence-corrected chi connectivity index (χ3v) is 5.56. The van der Waals surface area contributed by atoms with E-state index in [1.165, 1.54) is 6.42 Å². The average Bonchev–Trinajstić information content (AvgIpc) is 2.55. The summed E-state index contributed by atoms with van der Waals surface area (Å²) in [6.45, 7) is 3.83. The van der Waals surface area contributed by atoms with Gasteiger partial charge in [-0.05, 0) is 37.3 Å². The molecule has 1 aromatic carbocycles. The molecule has 0 aromatic heterocycles. The van der Waals surface area contributed by atoms with E-state index in [4.69, 9.17) is 4.74 Å². The number of carbonyl (C=O) groups is 2. The molecule has 0 radical (unpaired) electrons. The highest BCUT2D eigenvalue weighted by Gasteiger charge is 2.31. The van der Waals surface area contributed by atoms with Crippen LogP contribution in [0.25, 0.3) is 0 Å². The number of carbonyl (C=O) groups excluding carboxylic acids is 2. The van der Waals surface area contributed by atoms with Crippen molar-refractivity contribution in [2.75, 3.05) is 0 Å². The first kappa shape index (κ1) is 18.2. The Bertz CT molecular complexity index is 532. The fourth-order valence-electron chi connectivity index (χ4n) is 2.72. The number of halogens is 1. The van der Waals surface area contributed by atoms with Gasteiger partial charge in [-0.1, -0.05) is 61.1 Å². The molecule has 1 saturated carbocycles. The van der Waals surface area contributed by atoms with Gasteiger partial charge in [0.05, 0.1) is 0 Å². The van der Waals surface area contributed by atoms with Crippen molar-refractivity contribution in [2.45, 2.75) is 55.6 Å². The Labute approximate surface area is 151 Å². The maximum absolute atomic E-state index is 12.5. The molecule has 1 aromatic rings. The van der Waals surface area contributed by atoms with Crippen LogP contribution < -0.4 is 5.32 Å². The molecule has 23 heavy (non-hydrogen) atoms. The van der Waals surface area contributed by atoms with Crippen LogP contribution >= 0.6 is 22.6 Å². The van der Waals surface area contributed by atoms with E-state index in [1.807, 2.05) is 19.9 Å². The predicted octanol–water partition coefficient (Wildman–Crippen LogP) is 3.73. The number of ether oxygens (including phenoxy) is 1. The lowest BCUT2D eigenvalue weighted by molar-refractivity contribution is -0.153. The Hall–Kier alpha value is -1.11. The van der Waals surface area contributed by atoms with E-state index in [9.17, 15) is 9.59 Å². The largest absolute Gasteiger partial charge is 0.460 e. The van der Waals surface area contributed by atoms with E-state index >= 15 is 0 Å². The molecule has 5 heteroatoms. The second-order valence-corrected chi connectivity index (χ2v) is 7.94. The molecule has 4 nitrogen and oxygen atoms in total. The van der Waals surface area contributed by atoms with E-state index < -0.39 is 6.04 Å². The quantitative estimate of drug-likeness (QED) is 0.441. The van der Waals surface area contributed by atoms with Gasteiger partial charge in [0.2, 0.25) is 0 Å². The first-order valence-electron chi connectivity index (χ1n) is 8.19. The van der Waals surface area contributed by atoms with Crippen molar-refractivity contribution in [3.05, 3.63) is 35.9 Å². The average molecular weight is 429 g/mol. The van der Waals surface area contributed by atoms with Gasteiger partial charge in [-0.15, -0.1) is 0 Å². The molecule has 1 N–H and O–H groups in total. The lowest BCUT2D eigenvalue weighted by Gasteiger charge is -2.30. The summed E-state index contributed by atoms with van der Waals surface area (Å²) in [5, 5.41) is 2.82. The van der Waals surface area contributed by atoms with Crippen molar-refractivity contribution in [2.24, 2.45) is 5.92 Å². The number of rotatable bonds is 5. The number of hydrogen-bond acceptors (Lipinski definition) is 3. The van der Waals surface area contributed by atoms with Gasteiger partial charge >= 0.3 is 5.97 Å². The predicted molar refractivity (Wildman–Crippen MR) is 98.7 cm³/mol. The molecule has 3 atom stereocenters. The minimum atomic E-state index is -0.617. The minimum Gasteiger partial charge on any atom is -0.460 e. The van der Waals surface area contributed by atoms with Crippen molar-refractivity contribution in [1.29, 1.82) is 0 Å². The summed E-state index contributed by atoms with van der Waals surface area (Å²) in [6, 6.07) is 8.32. The highest BCUT2D eigenvalue weighted by atomic mass is 127. The van der Waals surface area contributed by atoms with Crippen LogP contribution in [0.1, 0.15) is 49.9 Å². The van der Waals surface area contributed by atoms with Crippen LogP contribution in [-0.4, -0.2) is 27.9 Å². The van der Waals surface area contributed by atoms with Gasteiger partial charge in [-0.3, -0.25) is 4.79 Å². The van der Waals surface area contributed by atoms with Gasteiger partial charge in [0.15, 0.2) is 0 Å². The molecule has 1 fully saturated rings. The highest BCUT2D eigenvalue weighted by Crippen LogP contribution is 2.27. The topological polar surface area (TPSA) is 55.4 Å². The lowest BCUT2D eigenvalue weighted by Crippen LogP contribution is -2.47. The third-order valence-electron chi connectivity index (χ3n) is 4.13. The molecule has 1 aliphatic rings. The summed E-state index contributed by atoms with van der Waals surface area (Å²) in [6.07, 6.45) is 4.25. The Morgan fingerprint density at radius 2 is 1.83 bits per heavy atom. The molecule has 0 aliphatic heterocycles. The molecule has 0 heterocycles. The molecule has 0 bridgehead atoms. The molecule has 2 rings (SSSR count). The number of nitrogens with one attached hydrogen (secondary N) is 1. The van der Waals surface area contributed by atoms with Crippen LogP contribution in [-0.2, 0) is 9.53 Å². The maximum atomic E-state index is 12.5. The molecule has 126 valence electrons. The summed E-state index contributed by atoms with van der Waals surface area (Å²) in [5.74, 6) is -0.583. The van der Waals surface area contributed by atoms with Crippen LogP contribution in [0.4, 0.5) is 0 Å². The summed E-state index contributed by atoms with van der Waals surface area (Å²) < 4.78 is 6.07. The molecular formula is C18H24INO3. The van der Waals surface area contributed by atoms with Crippen molar-refractivity contribution in [3.8, 4) is 0 Å². The second kappa shape index (κ2) is 8.66. The third kappa shape index (κ3) is 5.19. The van der Waals surface area contributed by atoms with E-state index in [1.54, 1.807) is 24.3 Å². The van der Waals surface area contributed by atoms with Crippen LogP contribution in [0.2, 0.25) is 0 Å². The van der Waals surface area contributed by atoms with Crippen molar-refractivity contribution >= 4 is 34.5 Å². The number of alkyl halides is 1. The van der Waals surface area contributed by atoms with Crippen LogP contribution in [0, 0.1) is 5.92 Å². The zero-order chi connectivity index (χ0) is 16.8. The zero-order valence-electron chi connectivity index (χ0n) is 13.6. The zero-order valence-corrected chi connectivity index (χ0v) is 15.8. The first-order valence-corrected chi connectivity index (χ1v) is 9.44. The van der Waals surface area contributed by atoms with Crippen LogP contribution in [0.3, 0.4) is 0 Å². The summed E-state index contributed by atoms with van der Waals surface area (Å²) >= 11 is 2.36. The van der Waals surface area contributed by atoms with Gasteiger partial charge in [-0.2, -0.15) is 0 Å². The van der Waals surface area contributed by atoms with Gasteiger partial charge in [0, 0.05) is 9.49 Å².